The number of hydrogen-bond donors (Lipinski definition) is 0. The molecule has 0 aliphatic carbocycles. The van der Waals surface area contributed by atoms with Crippen molar-refractivity contribution in [2.75, 3.05) is 13.1 Å². The minimum Gasteiger partial charge on any atom is -0.610 e. The molecule has 0 bridgehead atoms. The molecule has 1 rings (SSSR count). The number of rotatable bonds is 0. The maximum Gasteiger partial charge on any atom is -0.0198 e. The van der Waals surface area contributed by atoms with Gasteiger partial charge in [-0.25, -0.2) is 0 Å². The lowest BCUT2D eigenvalue weighted by Gasteiger charge is -2.22. The molecular weight excluding hydrogens is 100 g/mol. The van der Waals surface area contributed by atoms with E-state index in [4.69, 9.17) is 5.84 Å². The molecule has 0 aromatic carbocycles. The van der Waals surface area contributed by atoms with Crippen molar-refractivity contribution in [3.63, 3.8) is 0 Å². The Morgan fingerprint density at radius 3 is 1.88 bits per heavy atom. The highest BCUT2D eigenvalue weighted by Crippen LogP contribution is 2.08. The third kappa shape index (κ3) is 1.80. The molecule has 8 heavy (non-hydrogen) atoms. The first kappa shape index (κ1) is 6.05. The van der Waals surface area contributed by atoms with Crippen LogP contribution in [0.5, 0.6) is 0 Å². The van der Waals surface area contributed by atoms with Crippen LogP contribution in [-0.4, -0.2) is 18.1 Å². The third-order valence-electron chi connectivity index (χ3n) is 1.61. The Labute approximate surface area is 50.6 Å². The van der Waals surface area contributed by atoms with E-state index in [1.54, 1.807) is 5.01 Å². The zero-order valence-corrected chi connectivity index (χ0v) is 5.19. The Balaban J connectivity index is 2.17. The Kier molecular flexibility index (Phi) is 2.30. The molecular formula is C6H13N2-. The second-order valence-corrected chi connectivity index (χ2v) is 2.40. The molecule has 0 atom stereocenters. The zero-order valence-electron chi connectivity index (χ0n) is 5.19. The summed E-state index contributed by atoms with van der Waals surface area (Å²) in [6.45, 7) is 1.97. The second kappa shape index (κ2) is 3.05. The van der Waals surface area contributed by atoms with Gasteiger partial charge in [-0.2, -0.15) is 0 Å². The SMILES string of the molecule is [NH-]N1CCCCCC1. The van der Waals surface area contributed by atoms with Gasteiger partial charge in [0.1, 0.15) is 0 Å². The Morgan fingerprint density at radius 2 is 1.38 bits per heavy atom. The molecule has 1 aliphatic heterocycles. The first-order valence-corrected chi connectivity index (χ1v) is 3.36. The van der Waals surface area contributed by atoms with Gasteiger partial charge in [-0.05, 0) is 25.9 Å². The molecule has 48 valence electrons. The molecule has 2 heteroatoms. The molecule has 2 nitrogen and oxygen atoms in total. The van der Waals surface area contributed by atoms with E-state index < -0.39 is 0 Å². The van der Waals surface area contributed by atoms with E-state index >= 15 is 0 Å². The predicted molar refractivity (Wildman–Crippen MR) is 34.4 cm³/mol. The van der Waals surface area contributed by atoms with E-state index in [9.17, 15) is 0 Å². The Bertz CT molecular complexity index is 55.5. The van der Waals surface area contributed by atoms with Crippen LogP contribution in [0.4, 0.5) is 0 Å². The number of nitrogens with zero attached hydrogens (tertiary/aromatic N) is 1. The van der Waals surface area contributed by atoms with Crippen molar-refractivity contribution in [1.82, 2.24) is 5.01 Å². The molecule has 0 saturated carbocycles. The molecule has 0 unspecified atom stereocenters. The average molecular weight is 113 g/mol. The van der Waals surface area contributed by atoms with Crippen LogP contribution in [0.2, 0.25) is 0 Å². The van der Waals surface area contributed by atoms with Crippen LogP contribution < -0.4 is 0 Å². The lowest BCUT2D eigenvalue weighted by molar-refractivity contribution is 0.393. The van der Waals surface area contributed by atoms with E-state index in [-0.39, 0.29) is 0 Å². The van der Waals surface area contributed by atoms with Gasteiger partial charge in [-0.15, -0.1) is 0 Å². The fraction of sp³-hybridized carbons (Fsp3) is 1.00. The zero-order chi connectivity index (χ0) is 5.82. The lowest BCUT2D eigenvalue weighted by atomic mass is 10.2. The van der Waals surface area contributed by atoms with Crippen LogP contribution in [0.15, 0.2) is 0 Å². The molecule has 1 heterocycles. The Morgan fingerprint density at radius 1 is 0.875 bits per heavy atom. The minimum absolute atomic E-state index is 0.986. The van der Waals surface area contributed by atoms with E-state index in [0.29, 0.717) is 0 Å². The molecule has 1 aliphatic rings. The standard InChI is InChI=1S/C6H13N2/c7-8-5-3-1-2-4-6-8/h7H,1-6H2/q-1. The Hall–Kier alpha value is -0.0800. The first-order valence-electron chi connectivity index (χ1n) is 3.36. The second-order valence-electron chi connectivity index (χ2n) is 2.40. The van der Waals surface area contributed by atoms with Crippen molar-refractivity contribution < 1.29 is 0 Å². The molecule has 0 aromatic heterocycles. The van der Waals surface area contributed by atoms with Crippen LogP contribution >= 0.6 is 0 Å². The molecule has 0 spiro atoms. The van der Waals surface area contributed by atoms with Crippen molar-refractivity contribution in [2.45, 2.75) is 25.7 Å². The largest absolute Gasteiger partial charge is 0.610 e. The highest BCUT2D eigenvalue weighted by atomic mass is 15.4. The van der Waals surface area contributed by atoms with Crippen LogP contribution in [0.3, 0.4) is 0 Å². The lowest BCUT2D eigenvalue weighted by Crippen LogP contribution is -2.13. The molecule has 1 saturated heterocycles. The minimum atomic E-state index is 0.986. The van der Waals surface area contributed by atoms with Crippen molar-refractivity contribution >= 4 is 0 Å². The van der Waals surface area contributed by atoms with Crippen LogP contribution in [0.25, 0.3) is 5.84 Å². The summed E-state index contributed by atoms with van der Waals surface area (Å²) in [6.07, 6.45) is 5.11. The third-order valence-corrected chi connectivity index (χ3v) is 1.61. The van der Waals surface area contributed by atoms with Gasteiger partial charge in [0, 0.05) is 0 Å². The summed E-state index contributed by atoms with van der Waals surface area (Å²) in [7, 11) is 0. The van der Waals surface area contributed by atoms with E-state index in [2.05, 4.69) is 0 Å². The van der Waals surface area contributed by atoms with E-state index in [1.807, 2.05) is 0 Å². The normalized spacial score (nSPS) is 25.1. The van der Waals surface area contributed by atoms with Gasteiger partial charge in [-0.3, -0.25) is 0 Å². The van der Waals surface area contributed by atoms with Crippen LogP contribution in [0.1, 0.15) is 25.7 Å². The number of nitrogens with one attached hydrogen (secondary N) is 1. The summed E-state index contributed by atoms with van der Waals surface area (Å²) in [5.74, 6) is 7.25. The fourth-order valence-electron chi connectivity index (χ4n) is 1.07. The van der Waals surface area contributed by atoms with Crippen molar-refractivity contribution in [3.8, 4) is 0 Å². The van der Waals surface area contributed by atoms with Crippen molar-refractivity contribution in [1.29, 1.82) is 0 Å². The van der Waals surface area contributed by atoms with Gasteiger partial charge in [0.25, 0.3) is 0 Å². The highest BCUT2D eigenvalue weighted by molar-refractivity contribution is 4.61. The van der Waals surface area contributed by atoms with Crippen LogP contribution in [-0.2, 0) is 0 Å². The van der Waals surface area contributed by atoms with E-state index in [1.165, 1.54) is 25.7 Å². The van der Waals surface area contributed by atoms with Crippen molar-refractivity contribution in [2.24, 2.45) is 0 Å². The first-order chi connectivity index (χ1) is 3.89. The maximum atomic E-state index is 7.25. The maximum absolute atomic E-state index is 7.25. The molecule has 1 fully saturated rings. The quantitative estimate of drug-likeness (QED) is 0.471. The molecule has 1 N–H and O–H groups in total. The van der Waals surface area contributed by atoms with Gasteiger partial charge in [0.15, 0.2) is 0 Å². The summed E-state index contributed by atoms with van der Waals surface area (Å²) in [5, 5.41) is 1.67. The van der Waals surface area contributed by atoms with Gasteiger partial charge in [0.05, 0.1) is 0 Å². The predicted octanol–water partition coefficient (Wildman–Crippen LogP) is 1.83. The van der Waals surface area contributed by atoms with Gasteiger partial charge >= 0.3 is 0 Å². The average Bonchev–Trinajstić information content (AvgIpc) is 1.94. The van der Waals surface area contributed by atoms with Gasteiger partial charge in [-0.1, -0.05) is 12.8 Å². The van der Waals surface area contributed by atoms with Gasteiger partial charge in [0.2, 0.25) is 0 Å². The summed E-state index contributed by atoms with van der Waals surface area (Å²) in [6, 6.07) is 0. The topological polar surface area (TPSA) is 27.0 Å². The monoisotopic (exact) mass is 113 g/mol. The fourth-order valence-corrected chi connectivity index (χ4v) is 1.07. The van der Waals surface area contributed by atoms with Gasteiger partial charge < -0.3 is 10.9 Å². The molecule has 0 amide bonds. The van der Waals surface area contributed by atoms with Crippen molar-refractivity contribution in [3.05, 3.63) is 5.84 Å². The summed E-state index contributed by atoms with van der Waals surface area (Å²) in [5.41, 5.74) is 0. The smallest absolute Gasteiger partial charge is 0.0198 e. The van der Waals surface area contributed by atoms with Crippen LogP contribution in [0, 0.1) is 0 Å². The summed E-state index contributed by atoms with van der Waals surface area (Å²) < 4.78 is 0. The summed E-state index contributed by atoms with van der Waals surface area (Å²) >= 11 is 0. The molecule has 0 aromatic rings. The highest BCUT2D eigenvalue weighted by Gasteiger charge is 1.97. The van der Waals surface area contributed by atoms with E-state index in [0.717, 1.165) is 13.1 Å². The number of hydrogen-bond acceptors (Lipinski definition) is 1. The molecule has 0 radical (unpaired) electrons. The summed E-state index contributed by atoms with van der Waals surface area (Å²) in [4.78, 5) is 0.